The van der Waals surface area contributed by atoms with Gasteiger partial charge in [-0.1, -0.05) is 74.5 Å². The summed E-state index contributed by atoms with van der Waals surface area (Å²) in [5, 5.41) is 5.40. The van der Waals surface area contributed by atoms with Crippen molar-refractivity contribution in [2.24, 2.45) is 11.7 Å². The summed E-state index contributed by atoms with van der Waals surface area (Å²) in [6.07, 6.45) is -0.788. The number of ether oxygens (including phenoxy) is 1. The van der Waals surface area contributed by atoms with Gasteiger partial charge in [0.1, 0.15) is 12.6 Å². The maximum atomic E-state index is 12.6. The highest BCUT2D eigenvalue weighted by Gasteiger charge is 2.24. The van der Waals surface area contributed by atoms with Crippen LogP contribution >= 0.6 is 0 Å². The van der Waals surface area contributed by atoms with Crippen LogP contribution in [0.1, 0.15) is 25.0 Å². The van der Waals surface area contributed by atoms with E-state index >= 15 is 0 Å². The lowest BCUT2D eigenvalue weighted by Crippen LogP contribution is -2.54. The molecule has 0 saturated heterocycles. The Balaban J connectivity index is 1.99. The minimum absolute atomic E-state index is 0.0800. The average molecular weight is 369 g/mol. The Morgan fingerprint density at radius 3 is 2.04 bits per heavy atom. The topological polar surface area (TPSA) is 93.5 Å². The van der Waals surface area contributed by atoms with Crippen LogP contribution < -0.4 is 16.4 Å². The molecule has 0 radical (unpaired) electrons. The smallest absolute Gasteiger partial charge is 0.408 e. The molecule has 2 atom stereocenters. The fourth-order valence-corrected chi connectivity index (χ4v) is 2.40. The standard InChI is InChI=1S/C21H27N3O3/c1-15(2)19(22)24-20(25)18(13-16-9-5-3-6-10-16)23-21(26)27-14-17-11-7-4-8-12-17/h3-12,15,18-19H,13-14,22H2,1-2H3,(H,23,26)(H,24,25). The molecule has 0 aliphatic heterocycles. The van der Waals surface area contributed by atoms with E-state index in [2.05, 4.69) is 10.6 Å². The van der Waals surface area contributed by atoms with Crippen molar-refractivity contribution in [3.63, 3.8) is 0 Å². The third-order valence-corrected chi connectivity index (χ3v) is 4.13. The molecule has 2 aromatic carbocycles. The van der Waals surface area contributed by atoms with Gasteiger partial charge in [-0.2, -0.15) is 0 Å². The van der Waals surface area contributed by atoms with E-state index in [1.807, 2.05) is 74.5 Å². The third-order valence-electron chi connectivity index (χ3n) is 4.13. The van der Waals surface area contributed by atoms with Crippen molar-refractivity contribution >= 4 is 12.0 Å². The monoisotopic (exact) mass is 369 g/mol. The van der Waals surface area contributed by atoms with Gasteiger partial charge in [0, 0.05) is 6.42 Å². The summed E-state index contributed by atoms with van der Waals surface area (Å²) in [5.41, 5.74) is 7.74. The predicted molar refractivity (Wildman–Crippen MR) is 105 cm³/mol. The summed E-state index contributed by atoms with van der Waals surface area (Å²) in [6.45, 7) is 3.97. The molecule has 4 N–H and O–H groups in total. The molecule has 144 valence electrons. The number of hydrogen-bond acceptors (Lipinski definition) is 4. The zero-order valence-corrected chi connectivity index (χ0v) is 15.7. The van der Waals surface area contributed by atoms with Gasteiger partial charge in [0.05, 0.1) is 6.17 Å². The Bertz CT molecular complexity index is 720. The lowest BCUT2D eigenvalue weighted by molar-refractivity contribution is -0.124. The van der Waals surface area contributed by atoms with Gasteiger partial charge in [-0.05, 0) is 17.0 Å². The van der Waals surface area contributed by atoms with Crippen molar-refractivity contribution in [3.05, 3.63) is 71.8 Å². The third kappa shape index (κ3) is 7.11. The summed E-state index contributed by atoms with van der Waals surface area (Å²) in [5.74, 6) is -0.256. The normalized spacial score (nSPS) is 12.9. The number of carbonyl (C=O) groups is 2. The summed E-state index contributed by atoms with van der Waals surface area (Å²) >= 11 is 0. The van der Waals surface area contributed by atoms with E-state index in [0.717, 1.165) is 11.1 Å². The predicted octanol–water partition coefficient (Wildman–Crippen LogP) is 2.58. The molecule has 0 fully saturated rings. The van der Waals surface area contributed by atoms with Gasteiger partial charge >= 0.3 is 6.09 Å². The molecule has 0 bridgehead atoms. The summed E-state index contributed by atoms with van der Waals surface area (Å²) in [7, 11) is 0. The highest BCUT2D eigenvalue weighted by molar-refractivity contribution is 5.86. The molecule has 2 aromatic rings. The van der Waals surface area contributed by atoms with Gasteiger partial charge in [-0.15, -0.1) is 0 Å². The van der Waals surface area contributed by atoms with E-state index in [1.165, 1.54) is 0 Å². The van der Waals surface area contributed by atoms with Crippen LogP contribution in [0.25, 0.3) is 0 Å². The molecule has 6 heteroatoms. The lowest BCUT2D eigenvalue weighted by Gasteiger charge is -2.23. The maximum Gasteiger partial charge on any atom is 0.408 e. The highest BCUT2D eigenvalue weighted by atomic mass is 16.5. The fraction of sp³-hybridized carbons (Fsp3) is 0.333. The maximum absolute atomic E-state index is 12.6. The van der Waals surface area contributed by atoms with Crippen LogP contribution in [0.5, 0.6) is 0 Å². The largest absolute Gasteiger partial charge is 0.445 e. The van der Waals surface area contributed by atoms with Crippen molar-refractivity contribution in [1.82, 2.24) is 10.6 Å². The summed E-state index contributed by atoms with van der Waals surface area (Å²) in [6, 6.07) is 18.1. The molecule has 27 heavy (non-hydrogen) atoms. The second-order valence-corrected chi connectivity index (χ2v) is 6.73. The Morgan fingerprint density at radius 2 is 1.48 bits per heavy atom. The van der Waals surface area contributed by atoms with E-state index in [-0.39, 0.29) is 18.4 Å². The summed E-state index contributed by atoms with van der Waals surface area (Å²) in [4.78, 5) is 24.8. The molecular formula is C21H27N3O3. The van der Waals surface area contributed by atoms with Crippen molar-refractivity contribution in [1.29, 1.82) is 0 Å². The highest BCUT2D eigenvalue weighted by Crippen LogP contribution is 2.06. The summed E-state index contributed by atoms with van der Waals surface area (Å²) < 4.78 is 5.24. The van der Waals surface area contributed by atoms with Gasteiger partial charge < -0.3 is 21.1 Å². The number of amides is 2. The van der Waals surface area contributed by atoms with Gasteiger partial charge in [0.2, 0.25) is 5.91 Å². The van der Waals surface area contributed by atoms with E-state index in [4.69, 9.17) is 10.5 Å². The molecule has 6 nitrogen and oxygen atoms in total. The second kappa shape index (κ2) is 10.3. The van der Waals surface area contributed by atoms with E-state index < -0.39 is 18.3 Å². The first-order valence-electron chi connectivity index (χ1n) is 9.03. The Hall–Kier alpha value is -2.86. The Kier molecular flexibility index (Phi) is 7.82. The Morgan fingerprint density at radius 1 is 0.926 bits per heavy atom. The molecule has 0 aromatic heterocycles. The van der Waals surface area contributed by atoms with Crippen molar-refractivity contribution in [2.45, 2.75) is 39.1 Å². The molecular weight excluding hydrogens is 342 g/mol. The molecule has 2 rings (SSSR count). The van der Waals surface area contributed by atoms with Gasteiger partial charge in [0.15, 0.2) is 0 Å². The number of carbonyl (C=O) groups excluding carboxylic acids is 2. The number of nitrogens with two attached hydrogens (primary N) is 1. The minimum atomic E-state index is -0.777. The lowest BCUT2D eigenvalue weighted by atomic mass is 10.0. The number of rotatable bonds is 8. The van der Waals surface area contributed by atoms with Crippen LogP contribution in [0.2, 0.25) is 0 Å². The number of benzene rings is 2. The van der Waals surface area contributed by atoms with Gasteiger partial charge in [-0.3, -0.25) is 4.79 Å². The molecule has 2 amide bonds. The molecule has 0 saturated carbocycles. The SMILES string of the molecule is CC(C)C(N)NC(=O)C(Cc1ccccc1)NC(=O)OCc1ccccc1. The van der Waals surface area contributed by atoms with E-state index in [1.54, 1.807) is 0 Å². The van der Waals surface area contributed by atoms with Crippen LogP contribution in [-0.2, 0) is 22.6 Å². The van der Waals surface area contributed by atoms with E-state index in [0.29, 0.717) is 6.42 Å². The minimum Gasteiger partial charge on any atom is -0.445 e. The van der Waals surface area contributed by atoms with Crippen molar-refractivity contribution < 1.29 is 14.3 Å². The van der Waals surface area contributed by atoms with Gasteiger partial charge in [0.25, 0.3) is 0 Å². The van der Waals surface area contributed by atoms with Crippen LogP contribution in [0.3, 0.4) is 0 Å². The molecule has 0 spiro atoms. The molecule has 0 heterocycles. The van der Waals surface area contributed by atoms with Crippen LogP contribution in [-0.4, -0.2) is 24.2 Å². The molecule has 0 aliphatic rings. The fourth-order valence-electron chi connectivity index (χ4n) is 2.40. The zero-order valence-electron chi connectivity index (χ0n) is 15.7. The molecule has 0 aliphatic carbocycles. The van der Waals surface area contributed by atoms with Crippen LogP contribution in [0.15, 0.2) is 60.7 Å². The van der Waals surface area contributed by atoms with Crippen LogP contribution in [0.4, 0.5) is 4.79 Å². The Labute approximate surface area is 160 Å². The first-order valence-corrected chi connectivity index (χ1v) is 9.03. The van der Waals surface area contributed by atoms with E-state index in [9.17, 15) is 9.59 Å². The first kappa shape index (κ1) is 20.5. The van der Waals surface area contributed by atoms with Crippen LogP contribution in [0, 0.1) is 5.92 Å². The number of hydrogen-bond donors (Lipinski definition) is 3. The second-order valence-electron chi connectivity index (χ2n) is 6.73. The number of alkyl carbamates (subject to hydrolysis) is 1. The first-order chi connectivity index (χ1) is 13.0. The number of nitrogens with one attached hydrogen (secondary N) is 2. The average Bonchev–Trinajstić information content (AvgIpc) is 2.67. The van der Waals surface area contributed by atoms with Gasteiger partial charge in [-0.25, -0.2) is 4.79 Å². The zero-order chi connectivity index (χ0) is 19.6. The quantitative estimate of drug-likeness (QED) is 0.624. The molecule has 2 unspecified atom stereocenters. The van der Waals surface area contributed by atoms with Crippen molar-refractivity contribution in [3.8, 4) is 0 Å². The van der Waals surface area contributed by atoms with Crippen molar-refractivity contribution in [2.75, 3.05) is 0 Å².